The first-order valence-electron chi connectivity index (χ1n) is 12.1. The molecule has 3 aliphatic rings. The highest BCUT2D eigenvalue weighted by molar-refractivity contribution is 5.66. The van der Waals surface area contributed by atoms with Crippen LogP contribution in [0.25, 0.3) is 11.3 Å². The Morgan fingerprint density at radius 2 is 1.97 bits per heavy atom. The van der Waals surface area contributed by atoms with Crippen LogP contribution in [0.1, 0.15) is 72.0 Å². The maximum Gasteiger partial charge on any atom is 0.345 e. The second-order valence-electron chi connectivity index (χ2n) is 11.3. The van der Waals surface area contributed by atoms with Gasteiger partial charge in [0, 0.05) is 42.3 Å². The number of fused-ring (bicyclic) bond motifs is 4. The molecule has 0 spiro atoms. The summed E-state index contributed by atoms with van der Waals surface area (Å²) in [6, 6.07) is 5.30. The van der Waals surface area contributed by atoms with Gasteiger partial charge in [0.15, 0.2) is 0 Å². The lowest BCUT2D eigenvalue weighted by Gasteiger charge is -2.65. The van der Waals surface area contributed by atoms with Gasteiger partial charge in [-0.3, -0.25) is 9.78 Å². The summed E-state index contributed by atoms with van der Waals surface area (Å²) in [5.74, 6) is 0.387. The Labute approximate surface area is 199 Å². The maximum absolute atomic E-state index is 13.1. The molecular weight excluding hydrogens is 434 g/mol. The molecule has 2 saturated carbocycles. The van der Waals surface area contributed by atoms with Crippen molar-refractivity contribution in [2.45, 2.75) is 78.1 Å². The predicted octanol–water partition coefficient (Wildman–Crippen LogP) is 4.67. The van der Waals surface area contributed by atoms with E-state index in [1.54, 1.807) is 24.5 Å². The fraction of sp³-hybridized carbons (Fsp3) is 0.593. The van der Waals surface area contributed by atoms with Crippen molar-refractivity contribution in [3.05, 3.63) is 46.6 Å². The number of aromatic nitrogens is 1. The summed E-state index contributed by atoms with van der Waals surface area (Å²) in [5.41, 5.74) is -0.925. The van der Waals surface area contributed by atoms with Crippen LogP contribution in [0, 0.1) is 22.7 Å². The Balaban J connectivity index is 1.57. The molecule has 3 heterocycles. The van der Waals surface area contributed by atoms with Gasteiger partial charge in [-0.2, -0.15) is 0 Å². The Bertz CT molecular complexity index is 1170. The Morgan fingerprint density at radius 3 is 2.65 bits per heavy atom. The number of hydrogen-bond acceptors (Lipinski definition) is 7. The minimum absolute atomic E-state index is 0.173. The fourth-order valence-corrected chi connectivity index (χ4v) is 7.54. The van der Waals surface area contributed by atoms with Crippen molar-refractivity contribution in [3.63, 3.8) is 0 Å². The third-order valence-electron chi connectivity index (χ3n) is 8.93. The van der Waals surface area contributed by atoms with Crippen LogP contribution in [-0.2, 0) is 9.53 Å². The van der Waals surface area contributed by atoms with Gasteiger partial charge >= 0.3 is 11.6 Å². The molecule has 34 heavy (non-hydrogen) atoms. The smallest absolute Gasteiger partial charge is 0.345 e. The van der Waals surface area contributed by atoms with Crippen LogP contribution in [-0.4, -0.2) is 27.8 Å². The molecule has 5 rings (SSSR count). The van der Waals surface area contributed by atoms with Gasteiger partial charge in [-0.25, -0.2) is 4.79 Å². The van der Waals surface area contributed by atoms with E-state index in [4.69, 9.17) is 13.9 Å². The number of aliphatic hydroxyl groups excluding tert-OH is 1. The molecule has 2 fully saturated rings. The van der Waals surface area contributed by atoms with E-state index in [0.717, 1.165) is 19.3 Å². The third-order valence-corrected chi connectivity index (χ3v) is 8.93. The van der Waals surface area contributed by atoms with Gasteiger partial charge in [0.25, 0.3) is 0 Å². The molecule has 6 atom stereocenters. The monoisotopic (exact) mass is 467 g/mol. The first kappa shape index (κ1) is 23.1. The van der Waals surface area contributed by atoms with Gasteiger partial charge in [0.05, 0.1) is 6.10 Å². The van der Waals surface area contributed by atoms with E-state index in [1.807, 2.05) is 6.07 Å². The zero-order chi connectivity index (χ0) is 24.5. The summed E-state index contributed by atoms with van der Waals surface area (Å²) < 4.78 is 17.9. The minimum Gasteiger partial charge on any atom is -0.486 e. The molecule has 2 aliphatic carbocycles. The van der Waals surface area contributed by atoms with E-state index >= 15 is 0 Å². The molecule has 0 aromatic carbocycles. The molecule has 0 unspecified atom stereocenters. The van der Waals surface area contributed by atoms with E-state index < -0.39 is 17.3 Å². The number of carbonyl (C=O) groups excluding carboxylic acids is 1. The number of nitrogens with zero attached hydrogens (tertiary/aromatic N) is 1. The number of carbonyl (C=O) groups is 1. The Hall–Kier alpha value is -2.67. The average Bonchev–Trinajstić information content (AvgIpc) is 2.75. The molecule has 7 nitrogen and oxygen atoms in total. The quantitative estimate of drug-likeness (QED) is 0.641. The van der Waals surface area contributed by atoms with Crippen molar-refractivity contribution in [1.29, 1.82) is 0 Å². The highest BCUT2D eigenvalue weighted by atomic mass is 16.5. The summed E-state index contributed by atoms with van der Waals surface area (Å²) in [4.78, 5) is 29.0. The van der Waals surface area contributed by atoms with Crippen LogP contribution in [0.4, 0.5) is 0 Å². The zero-order valence-electron chi connectivity index (χ0n) is 20.5. The first-order chi connectivity index (χ1) is 16.0. The van der Waals surface area contributed by atoms with Gasteiger partial charge in [0.1, 0.15) is 28.8 Å². The van der Waals surface area contributed by atoms with Gasteiger partial charge in [-0.15, -0.1) is 0 Å². The summed E-state index contributed by atoms with van der Waals surface area (Å²) in [5, 5.41) is 11.7. The standard InChI is InChI=1S/C27H33NO6/c1-15(29)32-20-9-10-26(4)19(25(20,2)3)8-11-27(5)23(26)22(30)21-18(34-27)13-17(33-24(21)31)16-7-6-12-28-14-16/h6-7,12-14,19-20,22-23,30H,8-11H2,1-5H3/t19-,20-,22-,23+,26-,27+/m0/s1. The van der Waals surface area contributed by atoms with Gasteiger partial charge < -0.3 is 19.0 Å². The van der Waals surface area contributed by atoms with Crippen molar-refractivity contribution >= 4 is 5.97 Å². The summed E-state index contributed by atoms with van der Waals surface area (Å²) >= 11 is 0. The number of esters is 1. The lowest BCUT2D eigenvalue weighted by atomic mass is 9.43. The fourth-order valence-electron chi connectivity index (χ4n) is 7.54. The van der Waals surface area contributed by atoms with Crippen molar-refractivity contribution in [2.24, 2.45) is 22.7 Å². The molecule has 1 aliphatic heterocycles. The minimum atomic E-state index is -1.01. The number of aliphatic hydroxyl groups is 1. The number of rotatable bonds is 2. The number of ether oxygens (including phenoxy) is 2. The van der Waals surface area contributed by atoms with Crippen molar-refractivity contribution in [2.75, 3.05) is 0 Å². The number of hydrogen-bond donors (Lipinski definition) is 1. The maximum atomic E-state index is 13.1. The Kier molecular flexibility index (Phi) is 5.21. The lowest BCUT2D eigenvalue weighted by Crippen LogP contribution is -2.65. The van der Waals surface area contributed by atoms with Crippen LogP contribution < -0.4 is 10.4 Å². The SMILES string of the molecule is CC(=O)O[C@H]1CC[C@]2(C)[C@H]3[C@@H](O)c4c(cc(-c5cccnc5)oc4=O)O[C@]3(C)CC[C@H]2C1(C)C. The molecule has 7 heteroatoms. The normalized spacial score (nSPS) is 35.8. The van der Waals surface area contributed by atoms with Crippen LogP contribution in [0.3, 0.4) is 0 Å². The molecule has 0 amide bonds. The van der Waals surface area contributed by atoms with Crippen molar-refractivity contribution in [1.82, 2.24) is 4.98 Å². The van der Waals surface area contributed by atoms with Crippen LogP contribution >= 0.6 is 0 Å². The Morgan fingerprint density at radius 1 is 1.21 bits per heavy atom. The largest absolute Gasteiger partial charge is 0.486 e. The molecule has 2 aromatic rings. The van der Waals surface area contributed by atoms with Crippen LogP contribution in [0.5, 0.6) is 5.75 Å². The van der Waals surface area contributed by atoms with E-state index in [0.29, 0.717) is 23.5 Å². The van der Waals surface area contributed by atoms with Crippen molar-refractivity contribution < 1.29 is 23.8 Å². The zero-order valence-corrected chi connectivity index (χ0v) is 20.5. The highest BCUT2D eigenvalue weighted by Crippen LogP contribution is 2.66. The van der Waals surface area contributed by atoms with E-state index in [2.05, 4.69) is 32.7 Å². The molecular formula is C27H33NO6. The van der Waals surface area contributed by atoms with Crippen LogP contribution in [0.2, 0.25) is 0 Å². The van der Waals surface area contributed by atoms with E-state index in [1.165, 1.54) is 6.92 Å². The first-order valence-corrected chi connectivity index (χ1v) is 12.1. The van der Waals surface area contributed by atoms with Crippen LogP contribution in [0.15, 0.2) is 39.8 Å². The summed E-state index contributed by atoms with van der Waals surface area (Å²) in [6.45, 7) is 10.0. The van der Waals surface area contributed by atoms with E-state index in [-0.39, 0.29) is 40.3 Å². The topological polar surface area (TPSA) is 98.9 Å². The third kappa shape index (κ3) is 3.31. The molecule has 0 bridgehead atoms. The second-order valence-corrected chi connectivity index (χ2v) is 11.3. The summed E-state index contributed by atoms with van der Waals surface area (Å²) in [6.07, 6.45) is 5.19. The molecule has 1 N–H and O–H groups in total. The van der Waals surface area contributed by atoms with Gasteiger partial charge in [-0.05, 0) is 56.1 Å². The number of pyridine rings is 1. The molecule has 182 valence electrons. The average molecular weight is 468 g/mol. The van der Waals surface area contributed by atoms with Crippen molar-refractivity contribution in [3.8, 4) is 17.1 Å². The van der Waals surface area contributed by atoms with Gasteiger partial charge in [0.2, 0.25) is 0 Å². The highest BCUT2D eigenvalue weighted by Gasteiger charge is 2.65. The predicted molar refractivity (Wildman–Crippen MR) is 125 cm³/mol. The lowest BCUT2D eigenvalue weighted by molar-refractivity contribution is -0.227. The summed E-state index contributed by atoms with van der Waals surface area (Å²) in [7, 11) is 0. The van der Waals surface area contributed by atoms with E-state index in [9.17, 15) is 14.7 Å². The molecule has 2 aromatic heterocycles. The molecule has 0 saturated heterocycles. The molecule has 0 radical (unpaired) electrons. The second kappa shape index (κ2) is 7.67. The van der Waals surface area contributed by atoms with Gasteiger partial charge in [-0.1, -0.05) is 20.8 Å².